The van der Waals surface area contributed by atoms with Gasteiger partial charge >= 0.3 is 0 Å². The average Bonchev–Trinajstić information content (AvgIpc) is 2.59. The van der Waals surface area contributed by atoms with E-state index in [1.54, 1.807) is 14.2 Å². The molecule has 0 spiro atoms. The summed E-state index contributed by atoms with van der Waals surface area (Å²) >= 11 is 0. The third kappa shape index (κ3) is 4.99. The zero-order valence-electron chi connectivity index (χ0n) is 16.8. The Kier molecular flexibility index (Phi) is 7.49. The summed E-state index contributed by atoms with van der Waals surface area (Å²) < 4.78 is 21.9. The van der Waals surface area contributed by atoms with Crippen LogP contribution < -0.4 is 9.47 Å². The molecular weight excluding hydrogens is 328 g/mol. The monoisotopic (exact) mass is 358 g/mol. The van der Waals surface area contributed by atoms with Crippen molar-refractivity contribution in [3.8, 4) is 22.6 Å². The minimum Gasteiger partial charge on any atom is -0.491 e. The van der Waals surface area contributed by atoms with Crippen LogP contribution in [0.5, 0.6) is 11.5 Å². The molecule has 0 aliphatic rings. The smallest absolute Gasteiger partial charge is 0.125 e. The van der Waals surface area contributed by atoms with Crippen molar-refractivity contribution in [1.82, 2.24) is 0 Å². The van der Waals surface area contributed by atoms with Crippen molar-refractivity contribution in [3.05, 3.63) is 46.5 Å². The van der Waals surface area contributed by atoms with Gasteiger partial charge in [-0.15, -0.1) is 0 Å². The molecule has 2 rings (SSSR count). The highest BCUT2D eigenvalue weighted by Crippen LogP contribution is 2.34. The molecule has 0 aliphatic heterocycles. The summed E-state index contributed by atoms with van der Waals surface area (Å²) in [5, 5.41) is 0. The van der Waals surface area contributed by atoms with Gasteiger partial charge in [0.2, 0.25) is 0 Å². The van der Waals surface area contributed by atoms with Gasteiger partial charge in [0.15, 0.2) is 0 Å². The maximum Gasteiger partial charge on any atom is 0.125 e. The van der Waals surface area contributed by atoms with Gasteiger partial charge in [-0.3, -0.25) is 0 Å². The molecule has 0 saturated heterocycles. The number of methoxy groups -OCH3 is 2. The zero-order valence-corrected chi connectivity index (χ0v) is 16.8. The number of benzene rings is 2. The SMILES string of the molecule is COCCOc1c(C)cc(-c2cc(C)c(OCCOC)c(C)c2)cc1C. The molecule has 4 nitrogen and oxygen atoms in total. The highest BCUT2D eigenvalue weighted by atomic mass is 16.5. The van der Waals surface area contributed by atoms with E-state index in [0.29, 0.717) is 26.4 Å². The Morgan fingerprint density at radius 1 is 0.538 bits per heavy atom. The van der Waals surface area contributed by atoms with Crippen molar-refractivity contribution in [2.24, 2.45) is 0 Å². The Morgan fingerprint density at radius 2 is 0.846 bits per heavy atom. The Balaban J connectivity index is 2.28. The summed E-state index contributed by atoms with van der Waals surface area (Å²) in [4.78, 5) is 0. The fraction of sp³-hybridized carbons (Fsp3) is 0.455. The minimum atomic E-state index is 0.559. The van der Waals surface area contributed by atoms with Gasteiger partial charge in [0, 0.05) is 14.2 Å². The maximum absolute atomic E-state index is 5.86. The van der Waals surface area contributed by atoms with Crippen molar-refractivity contribution in [3.63, 3.8) is 0 Å². The molecule has 0 bridgehead atoms. The third-order valence-electron chi connectivity index (χ3n) is 4.32. The van der Waals surface area contributed by atoms with Gasteiger partial charge in [-0.1, -0.05) is 0 Å². The van der Waals surface area contributed by atoms with E-state index < -0.39 is 0 Å². The molecule has 0 atom stereocenters. The Bertz CT molecular complexity index is 627. The Morgan fingerprint density at radius 3 is 1.12 bits per heavy atom. The van der Waals surface area contributed by atoms with Gasteiger partial charge in [-0.25, -0.2) is 0 Å². The molecule has 0 unspecified atom stereocenters. The fourth-order valence-electron chi connectivity index (χ4n) is 3.14. The van der Waals surface area contributed by atoms with Crippen LogP contribution in [0.3, 0.4) is 0 Å². The van der Waals surface area contributed by atoms with E-state index in [4.69, 9.17) is 18.9 Å². The molecule has 4 heteroatoms. The lowest BCUT2D eigenvalue weighted by atomic mass is 9.96. The Hall–Kier alpha value is -2.04. The number of aryl methyl sites for hydroxylation is 4. The Labute approximate surface area is 157 Å². The number of hydrogen-bond acceptors (Lipinski definition) is 4. The molecular formula is C22H30O4. The molecule has 2 aromatic rings. The summed E-state index contributed by atoms with van der Waals surface area (Å²) in [6.07, 6.45) is 0. The summed E-state index contributed by atoms with van der Waals surface area (Å²) in [5.41, 5.74) is 6.90. The number of rotatable bonds is 9. The van der Waals surface area contributed by atoms with Gasteiger partial charge in [0.1, 0.15) is 24.7 Å². The topological polar surface area (TPSA) is 36.9 Å². The lowest BCUT2D eigenvalue weighted by Gasteiger charge is -2.17. The quantitative estimate of drug-likeness (QED) is 0.612. The summed E-state index contributed by atoms with van der Waals surface area (Å²) in [6.45, 7) is 10.6. The van der Waals surface area contributed by atoms with Crippen LogP contribution in [0.15, 0.2) is 24.3 Å². The number of ether oxygens (including phenoxy) is 4. The lowest BCUT2D eigenvalue weighted by Crippen LogP contribution is -2.07. The first kappa shape index (κ1) is 20.3. The highest BCUT2D eigenvalue weighted by molar-refractivity contribution is 5.70. The summed E-state index contributed by atoms with van der Waals surface area (Å²) in [7, 11) is 3.36. The van der Waals surface area contributed by atoms with Crippen molar-refractivity contribution < 1.29 is 18.9 Å². The van der Waals surface area contributed by atoms with Crippen LogP contribution in [0.2, 0.25) is 0 Å². The summed E-state index contributed by atoms with van der Waals surface area (Å²) in [5.74, 6) is 1.89. The standard InChI is InChI=1S/C22H30O4/c1-15-11-19(12-16(2)21(15)25-9-7-23-5)20-13-17(3)22(18(4)14-20)26-10-8-24-6/h11-14H,7-10H2,1-6H3. The van der Waals surface area contributed by atoms with Crippen molar-refractivity contribution in [1.29, 1.82) is 0 Å². The van der Waals surface area contributed by atoms with Crippen LogP contribution in [-0.2, 0) is 9.47 Å². The van der Waals surface area contributed by atoms with E-state index in [1.165, 1.54) is 11.1 Å². The van der Waals surface area contributed by atoms with Crippen molar-refractivity contribution in [2.75, 3.05) is 40.6 Å². The van der Waals surface area contributed by atoms with E-state index in [9.17, 15) is 0 Å². The molecule has 0 N–H and O–H groups in total. The van der Waals surface area contributed by atoms with Gasteiger partial charge in [-0.2, -0.15) is 0 Å². The largest absolute Gasteiger partial charge is 0.491 e. The summed E-state index contributed by atoms with van der Waals surface area (Å²) in [6, 6.07) is 8.70. The van der Waals surface area contributed by atoms with Crippen LogP contribution in [0.25, 0.3) is 11.1 Å². The van der Waals surface area contributed by atoms with Gasteiger partial charge in [-0.05, 0) is 85.3 Å². The molecule has 0 aliphatic carbocycles. The van der Waals surface area contributed by atoms with Crippen molar-refractivity contribution >= 4 is 0 Å². The van der Waals surface area contributed by atoms with E-state index >= 15 is 0 Å². The van der Waals surface area contributed by atoms with E-state index in [1.807, 2.05) is 0 Å². The molecule has 0 amide bonds. The maximum atomic E-state index is 5.86. The lowest BCUT2D eigenvalue weighted by molar-refractivity contribution is 0.145. The second-order valence-electron chi connectivity index (χ2n) is 6.56. The van der Waals surface area contributed by atoms with Crippen molar-refractivity contribution in [2.45, 2.75) is 27.7 Å². The van der Waals surface area contributed by atoms with E-state index in [-0.39, 0.29) is 0 Å². The van der Waals surface area contributed by atoms with Crippen LogP contribution in [-0.4, -0.2) is 40.6 Å². The zero-order chi connectivity index (χ0) is 19.1. The first-order chi connectivity index (χ1) is 12.5. The van der Waals surface area contributed by atoms with Crippen LogP contribution >= 0.6 is 0 Å². The van der Waals surface area contributed by atoms with E-state index in [0.717, 1.165) is 33.8 Å². The third-order valence-corrected chi connectivity index (χ3v) is 4.32. The molecule has 0 heterocycles. The molecule has 0 fully saturated rings. The molecule has 0 aromatic heterocycles. The predicted molar refractivity (Wildman–Crippen MR) is 106 cm³/mol. The van der Waals surface area contributed by atoms with Gasteiger partial charge in [0.25, 0.3) is 0 Å². The molecule has 142 valence electrons. The number of hydrogen-bond donors (Lipinski definition) is 0. The second-order valence-corrected chi connectivity index (χ2v) is 6.56. The van der Waals surface area contributed by atoms with Crippen LogP contribution in [0.4, 0.5) is 0 Å². The average molecular weight is 358 g/mol. The first-order valence-electron chi connectivity index (χ1n) is 8.94. The molecule has 2 aromatic carbocycles. The molecule has 26 heavy (non-hydrogen) atoms. The van der Waals surface area contributed by atoms with Gasteiger partial charge < -0.3 is 18.9 Å². The molecule has 0 radical (unpaired) electrons. The highest BCUT2D eigenvalue weighted by Gasteiger charge is 2.11. The van der Waals surface area contributed by atoms with Crippen LogP contribution in [0.1, 0.15) is 22.3 Å². The normalized spacial score (nSPS) is 10.8. The van der Waals surface area contributed by atoms with Gasteiger partial charge in [0.05, 0.1) is 13.2 Å². The minimum absolute atomic E-state index is 0.559. The second kappa shape index (κ2) is 9.60. The van der Waals surface area contributed by atoms with Crippen LogP contribution in [0, 0.1) is 27.7 Å². The molecule has 0 saturated carbocycles. The van der Waals surface area contributed by atoms with E-state index in [2.05, 4.69) is 52.0 Å². The fourth-order valence-corrected chi connectivity index (χ4v) is 3.14. The predicted octanol–water partition coefficient (Wildman–Crippen LogP) is 4.64. The first-order valence-corrected chi connectivity index (χ1v) is 8.94.